The van der Waals surface area contributed by atoms with Gasteiger partial charge in [-0.1, -0.05) is 0 Å². The molecule has 1 N–H and O–H groups in total. The Balaban J connectivity index is 1.83. The zero-order valence-corrected chi connectivity index (χ0v) is 20.1. The van der Waals surface area contributed by atoms with Gasteiger partial charge in [0.25, 0.3) is 5.69 Å². The fraction of sp³-hybridized carbons (Fsp3) is 0. The van der Waals surface area contributed by atoms with Gasteiger partial charge in [-0.25, -0.2) is 9.67 Å². The first kappa shape index (κ1) is 22.1. The van der Waals surface area contributed by atoms with Crippen molar-refractivity contribution in [3.63, 3.8) is 0 Å². The number of phenols is 1. The highest BCUT2D eigenvalue weighted by Crippen LogP contribution is 2.33. The van der Waals surface area contributed by atoms with Crippen LogP contribution in [0, 0.1) is 10.1 Å². The van der Waals surface area contributed by atoms with Crippen LogP contribution >= 0.6 is 43.2 Å². The van der Waals surface area contributed by atoms with E-state index in [1.807, 2.05) is 11.4 Å². The molecule has 0 fully saturated rings. The van der Waals surface area contributed by atoms with Crippen LogP contribution in [0.5, 0.6) is 5.75 Å². The average Bonchev–Trinajstić information content (AvgIpc) is 3.19. The summed E-state index contributed by atoms with van der Waals surface area (Å²) >= 11 is 8.02. The van der Waals surface area contributed by atoms with Gasteiger partial charge in [0.2, 0.25) is 4.80 Å². The lowest BCUT2D eigenvalue weighted by atomic mass is 10.1. The van der Waals surface area contributed by atoms with E-state index in [0.717, 1.165) is 16.8 Å². The van der Waals surface area contributed by atoms with Crippen LogP contribution in [0.3, 0.4) is 0 Å². The monoisotopic (exact) mass is 573 g/mol. The Kier molecular flexibility index (Phi) is 6.58. The van der Waals surface area contributed by atoms with E-state index in [0.29, 0.717) is 19.4 Å². The second kappa shape index (κ2) is 9.55. The van der Waals surface area contributed by atoms with Crippen LogP contribution in [0.2, 0.25) is 0 Å². The number of halogens is 2. The molecule has 0 aliphatic carbocycles. The number of nitro groups is 1. The molecule has 0 bridgehead atoms. The third kappa shape index (κ3) is 4.85. The molecule has 2 aromatic heterocycles. The number of non-ortho nitro benzene ring substituents is 1. The van der Waals surface area contributed by atoms with Crippen LogP contribution in [-0.4, -0.2) is 25.9 Å². The van der Waals surface area contributed by atoms with Gasteiger partial charge in [0.15, 0.2) is 0 Å². The molecule has 0 saturated carbocycles. The molecule has 32 heavy (non-hydrogen) atoms. The summed E-state index contributed by atoms with van der Waals surface area (Å²) in [5.74, 6) is 0.101. The van der Waals surface area contributed by atoms with E-state index in [2.05, 4.69) is 46.9 Å². The molecular formula is C21H13Br2N5O3S. The van der Waals surface area contributed by atoms with Crippen LogP contribution in [0.4, 0.5) is 11.4 Å². The molecule has 4 rings (SSSR count). The summed E-state index contributed by atoms with van der Waals surface area (Å²) in [7, 11) is 0. The Hall–Kier alpha value is -3.15. The summed E-state index contributed by atoms with van der Waals surface area (Å²) in [6.45, 7) is 0. The van der Waals surface area contributed by atoms with Crippen molar-refractivity contribution in [2.75, 3.05) is 0 Å². The van der Waals surface area contributed by atoms with E-state index in [1.54, 1.807) is 53.6 Å². The molecule has 8 nitrogen and oxygen atoms in total. The van der Waals surface area contributed by atoms with Crippen LogP contribution < -0.4 is 4.80 Å². The Labute approximate surface area is 202 Å². The van der Waals surface area contributed by atoms with Crippen molar-refractivity contribution in [3.8, 4) is 17.0 Å². The summed E-state index contributed by atoms with van der Waals surface area (Å²) < 4.78 is 2.71. The molecule has 0 saturated heterocycles. The number of rotatable bonds is 5. The standard InChI is InChI=1S/C21H13Br2N5O3S/c22-17-8-13(9-18(23)20(17)29)10-25-27-19(14-3-5-16(6-4-14)28(30)31)12-32-21(27)26-15-2-1-7-24-11-15/h1-12,29H. The zero-order valence-electron chi connectivity index (χ0n) is 16.1. The van der Waals surface area contributed by atoms with Gasteiger partial charge < -0.3 is 5.11 Å². The first-order valence-corrected chi connectivity index (χ1v) is 11.5. The number of aromatic hydroxyl groups is 1. The molecule has 0 atom stereocenters. The molecule has 2 aromatic carbocycles. The van der Waals surface area contributed by atoms with Gasteiger partial charge in [0.05, 0.1) is 37.7 Å². The first-order chi connectivity index (χ1) is 15.4. The fourth-order valence-corrected chi connectivity index (χ4v) is 4.83. The predicted molar refractivity (Wildman–Crippen MR) is 130 cm³/mol. The van der Waals surface area contributed by atoms with Crippen molar-refractivity contribution < 1.29 is 10.0 Å². The predicted octanol–water partition coefficient (Wildman–Crippen LogP) is 5.87. The third-order valence-corrected chi connectivity index (χ3v) is 6.32. The third-order valence-electron chi connectivity index (χ3n) is 4.29. The number of benzene rings is 2. The van der Waals surface area contributed by atoms with Crippen LogP contribution in [0.15, 0.2) is 85.3 Å². The second-order valence-corrected chi connectivity index (χ2v) is 8.97. The van der Waals surface area contributed by atoms with Gasteiger partial charge >= 0.3 is 0 Å². The van der Waals surface area contributed by atoms with Gasteiger partial charge in [-0.2, -0.15) is 5.10 Å². The van der Waals surface area contributed by atoms with E-state index in [-0.39, 0.29) is 11.4 Å². The van der Waals surface area contributed by atoms with E-state index in [9.17, 15) is 15.2 Å². The van der Waals surface area contributed by atoms with E-state index in [4.69, 9.17) is 0 Å². The smallest absolute Gasteiger partial charge is 0.269 e. The Bertz CT molecular complexity index is 1360. The molecule has 160 valence electrons. The number of hydrogen-bond acceptors (Lipinski definition) is 7. The van der Waals surface area contributed by atoms with E-state index in [1.165, 1.54) is 23.5 Å². The fourth-order valence-electron chi connectivity index (χ4n) is 2.76. The lowest BCUT2D eigenvalue weighted by Gasteiger charge is -2.05. The highest BCUT2D eigenvalue weighted by Gasteiger charge is 2.11. The maximum atomic E-state index is 11.0. The number of hydrogen-bond donors (Lipinski definition) is 1. The topological polar surface area (TPSA) is 106 Å². The van der Waals surface area contributed by atoms with Crippen molar-refractivity contribution in [2.45, 2.75) is 0 Å². The van der Waals surface area contributed by atoms with Crippen molar-refractivity contribution in [2.24, 2.45) is 10.1 Å². The highest BCUT2D eigenvalue weighted by molar-refractivity contribution is 9.11. The van der Waals surface area contributed by atoms with Gasteiger partial charge in [-0.3, -0.25) is 15.1 Å². The molecule has 0 aliphatic heterocycles. The number of phenolic OH excluding ortho intramolecular Hbond substituents is 1. The quantitative estimate of drug-likeness (QED) is 0.183. The minimum Gasteiger partial charge on any atom is -0.506 e. The highest BCUT2D eigenvalue weighted by atomic mass is 79.9. The summed E-state index contributed by atoms with van der Waals surface area (Å²) in [5, 5.41) is 27.4. The lowest BCUT2D eigenvalue weighted by molar-refractivity contribution is -0.384. The summed E-state index contributed by atoms with van der Waals surface area (Å²) in [5.41, 5.74) is 2.90. The molecule has 0 spiro atoms. The van der Waals surface area contributed by atoms with E-state index < -0.39 is 4.92 Å². The van der Waals surface area contributed by atoms with Crippen LogP contribution in [0.1, 0.15) is 5.56 Å². The summed E-state index contributed by atoms with van der Waals surface area (Å²) in [6, 6.07) is 13.4. The van der Waals surface area contributed by atoms with Gasteiger partial charge in [0.1, 0.15) is 5.75 Å². The van der Waals surface area contributed by atoms with Gasteiger partial charge in [-0.05, 0) is 73.8 Å². The largest absolute Gasteiger partial charge is 0.506 e. The molecule has 2 heterocycles. The Morgan fingerprint density at radius 2 is 1.88 bits per heavy atom. The summed E-state index contributed by atoms with van der Waals surface area (Å²) in [4.78, 5) is 19.9. The van der Waals surface area contributed by atoms with Crippen molar-refractivity contribution in [1.82, 2.24) is 9.66 Å². The molecule has 11 heteroatoms. The minimum absolute atomic E-state index is 0.0121. The first-order valence-electron chi connectivity index (χ1n) is 9.05. The SMILES string of the molecule is O=[N+]([O-])c1ccc(-c2csc(=Nc3cccnc3)n2N=Cc2cc(Br)c(O)c(Br)c2)cc1. The molecule has 0 radical (unpaired) electrons. The molecule has 0 unspecified atom stereocenters. The van der Waals surface area contributed by atoms with Crippen molar-refractivity contribution in [1.29, 1.82) is 0 Å². The van der Waals surface area contributed by atoms with Crippen LogP contribution in [0.25, 0.3) is 11.3 Å². The molecule has 0 amide bonds. The number of thiazole rings is 1. The lowest BCUT2D eigenvalue weighted by Crippen LogP contribution is -2.11. The molecule has 4 aromatic rings. The van der Waals surface area contributed by atoms with Gasteiger partial charge in [0, 0.05) is 29.3 Å². The van der Waals surface area contributed by atoms with Gasteiger partial charge in [-0.15, -0.1) is 11.3 Å². The molecular weight excluding hydrogens is 562 g/mol. The second-order valence-electron chi connectivity index (χ2n) is 6.42. The molecule has 0 aliphatic rings. The maximum Gasteiger partial charge on any atom is 0.269 e. The van der Waals surface area contributed by atoms with Crippen LogP contribution in [-0.2, 0) is 0 Å². The van der Waals surface area contributed by atoms with E-state index >= 15 is 0 Å². The normalized spacial score (nSPS) is 11.9. The number of aromatic nitrogens is 2. The van der Waals surface area contributed by atoms with Crippen molar-refractivity contribution in [3.05, 3.63) is 95.7 Å². The minimum atomic E-state index is -0.437. The number of nitrogens with zero attached hydrogens (tertiary/aromatic N) is 5. The summed E-state index contributed by atoms with van der Waals surface area (Å²) in [6.07, 6.45) is 4.95. The number of nitro benzene ring substituents is 1. The Morgan fingerprint density at radius 1 is 1.16 bits per heavy atom. The maximum absolute atomic E-state index is 11.0. The Morgan fingerprint density at radius 3 is 2.50 bits per heavy atom. The average molecular weight is 575 g/mol. The van der Waals surface area contributed by atoms with Crippen molar-refractivity contribution >= 4 is 60.8 Å². The number of pyridine rings is 1. The zero-order chi connectivity index (χ0) is 22.7.